The number of benzene rings is 1. The minimum absolute atomic E-state index is 0.00904. The Hall–Kier alpha value is -2.21. The summed E-state index contributed by atoms with van der Waals surface area (Å²) in [7, 11) is 0. The molecule has 2 atom stereocenters. The highest BCUT2D eigenvalue weighted by Crippen LogP contribution is 2.21. The molecule has 2 aromatic rings. The van der Waals surface area contributed by atoms with Crippen LogP contribution in [0.1, 0.15) is 19.8 Å². The number of anilines is 1. The first-order chi connectivity index (χ1) is 10.3. The van der Waals surface area contributed by atoms with Crippen molar-refractivity contribution >= 4 is 11.6 Å². The van der Waals surface area contributed by atoms with Gasteiger partial charge in [0.2, 0.25) is 5.91 Å². The standard InChI is InChI=1S/C15H19N5O/c1-11-5-4-8-16-14(11)15(21)18-12-6-2-3-7-13(12)20-10-9-17-19-20/h2-3,6-7,9-11,14,16H,4-5,8H2,1H3,(H,18,21). The molecule has 6 heteroatoms. The van der Waals surface area contributed by atoms with Gasteiger partial charge in [0.15, 0.2) is 0 Å². The third-order valence-corrected chi connectivity index (χ3v) is 3.88. The number of nitrogens with zero attached hydrogens (tertiary/aromatic N) is 3. The molecule has 1 aliphatic heterocycles. The van der Waals surface area contributed by atoms with Gasteiger partial charge in [-0.3, -0.25) is 4.79 Å². The number of nitrogens with one attached hydrogen (secondary N) is 2. The van der Waals surface area contributed by atoms with E-state index in [4.69, 9.17) is 0 Å². The van der Waals surface area contributed by atoms with E-state index in [-0.39, 0.29) is 11.9 Å². The molecule has 0 bridgehead atoms. The van der Waals surface area contributed by atoms with E-state index in [0.29, 0.717) is 5.92 Å². The lowest BCUT2D eigenvalue weighted by Gasteiger charge is -2.29. The summed E-state index contributed by atoms with van der Waals surface area (Å²) in [6.07, 6.45) is 5.58. The summed E-state index contributed by atoms with van der Waals surface area (Å²) in [6.45, 7) is 3.01. The van der Waals surface area contributed by atoms with Gasteiger partial charge in [0.1, 0.15) is 0 Å². The maximum absolute atomic E-state index is 12.5. The number of hydrogen-bond acceptors (Lipinski definition) is 4. The maximum atomic E-state index is 12.5. The molecule has 1 aliphatic rings. The predicted molar refractivity (Wildman–Crippen MR) is 80.2 cm³/mol. The van der Waals surface area contributed by atoms with Crippen molar-refractivity contribution in [3.05, 3.63) is 36.7 Å². The van der Waals surface area contributed by atoms with E-state index in [2.05, 4.69) is 27.9 Å². The van der Waals surface area contributed by atoms with Crippen LogP contribution >= 0.6 is 0 Å². The van der Waals surface area contributed by atoms with E-state index < -0.39 is 0 Å². The van der Waals surface area contributed by atoms with Gasteiger partial charge in [-0.25, -0.2) is 4.68 Å². The minimum Gasteiger partial charge on any atom is -0.323 e. The van der Waals surface area contributed by atoms with Crippen molar-refractivity contribution in [1.82, 2.24) is 20.3 Å². The second-order valence-electron chi connectivity index (χ2n) is 5.41. The highest BCUT2D eigenvalue weighted by molar-refractivity contribution is 5.96. The highest BCUT2D eigenvalue weighted by Gasteiger charge is 2.27. The van der Waals surface area contributed by atoms with Crippen LogP contribution in [0.2, 0.25) is 0 Å². The second kappa shape index (κ2) is 6.05. The lowest BCUT2D eigenvalue weighted by Crippen LogP contribution is -2.48. The van der Waals surface area contributed by atoms with Gasteiger partial charge in [0.05, 0.1) is 29.8 Å². The number of hydrogen-bond donors (Lipinski definition) is 2. The minimum atomic E-state index is -0.137. The Bertz CT molecular complexity index is 610. The summed E-state index contributed by atoms with van der Waals surface area (Å²) in [4.78, 5) is 12.5. The van der Waals surface area contributed by atoms with Crippen molar-refractivity contribution in [2.24, 2.45) is 5.92 Å². The van der Waals surface area contributed by atoms with E-state index in [1.165, 1.54) is 0 Å². The third kappa shape index (κ3) is 2.95. The zero-order chi connectivity index (χ0) is 14.7. The number of amides is 1. The van der Waals surface area contributed by atoms with Crippen LogP contribution in [0.5, 0.6) is 0 Å². The summed E-state index contributed by atoms with van der Waals surface area (Å²) in [5.74, 6) is 0.354. The molecule has 1 fully saturated rings. The summed E-state index contributed by atoms with van der Waals surface area (Å²) >= 11 is 0. The first kappa shape index (κ1) is 13.8. The second-order valence-corrected chi connectivity index (χ2v) is 5.41. The molecule has 6 nitrogen and oxygen atoms in total. The van der Waals surface area contributed by atoms with E-state index >= 15 is 0 Å². The van der Waals surface area contributed by atoms with Crippen molar-refractivity contribution in [3.63, 3.8) is 0 Å². The molecular weight excluding hydrogens is 266 g/mol. The van der Waals surface area contributed by atoms with E-state index in [1.807, 2.05) is 24.3 Å². The highest BCUT2D eigenvalue weighted by atomic mass is 16.2. The summed E-state index contributed by atoms with van der Waals surface area (Å²) in [5.41, 5.74) is 1.55. The maximum Gasteiger partial charge on any atom is 0.241 e. The predicted octanol–water partition coefficient (Wildman–Crippen LogP) is 1.59. The Morgan fingerprint density at radius 3 is 3.05 bits per heavy atom. The van der Waals surface area contributed by atoms with E-state index in [9.17, 15) is 4.79 Å². The van der Waals surface area contributed by atoms with Crippen molar-refractivity contribution < 1.29 is 4.79 Å². The molecule has 110 valence electrons. The van der Waals surface area contributed by atoms with E-state index in [1.54, 1.807) is 17.1 Å². The third-order valence-electron chi connectivity index (χ3n) is 3.88. The van der Waals surface area contributed by atoms with Gasteiger partial charge in [-0.15, -0.1) is 5.10 Å². The van der Waals surface area contributed by atoms with Gasteiger partial charge in [0, 0.05) is 0 Å². The first-order valence-electron chi connectivity index (χ1n) is 7.25. The molecule has 1 aromatic heterocycles. The van der Waals surface area contributed by atoms with Crippen LogP contribution in [-0.2, 0) is 4.79 Å². The van der Waals surface area contributed by atoms with Crippen molar-refractivity contribution in [3.8, 4) is 5.69 Å². The molecule has 1 amide bonds. The Morgan fingerprint density at radius 1 is 1.43 bits per heavy atom. The Kier molecular flexibility index (Phi) is 3.96. The van der Waals surface area contributed by atoms with Gasteiger partial charge in [-0.2, -0.15) is 0 Å². The molecule has 2 unspecified atom stereocenters. The smallest absolute Gasteiger partial charge is 0.241 e. The molecule has 0 aliphatic carbocycles. The average molecular weight is 285 g/mol. The van der Waals surface area contributed by atoms with Gasteiger partial charge in [-0.1, -0.05) is 24.3 Å². The van der Waals surface area contributed by atoms with Crippen LogP contribution in [0.3, 0.4) is 0 Å². The monoisotopic (exact) mass is 285 g/mol. The Morgan fingerprint density at radius 2 is 2.29 bits per heavy atom. The van der Waals surface area contributed by atoms with Gasteiger partial charge < -0.3 is 10.6 Å². The number of para-hydroxylation sites is 2. The van der Waals surface area contributed by atoms with Crippen LogP contribution < -0.4 is 10.6 Å². The topological polar surface area (TPSA) is 71.8 Å². The van der Waals surface area contributed by atoms with Gasteiger partial charge >= 0.3 is 0 Å². The fourth-order valence-electron chi connectivity index (χ4n) is 2.73. The fourth-order valence-corrected chi connectivity index (χ4v) is 2.73. The molecule has 0 radical (unpaired) electrons. The van der Waals surface area contributed by atoms with Crippen LogP contribution in [0.15, 0.2) is 36.7 Å². The molecular formula is C15H19N5O. The first-order valence-corrected chi connectivity index (χ1v) is 7.25. The van der Waals surface area contributed by atoms with Crippen molar-refractivity contribution in [2.45, 2.75) is 25.8 Å². The molecule has 3 rings (SSSR count). The quantitative estimate of drug-likeness (QED) is 0.898. The van der Waals surface area contributed by atoms with Gasteiger partial charge in [-0.05, 0) is 37.4 Å². The molecule has 21 heavy (non-hydrogen) atoms. The van der Waals surface area contributed by atoms with Crippen molar-refractivity contribution in [1.29, 1.82) is 0 Å². The average Bonchev–Trinajstić information content (AvgIpc) is 3.02. The molecule has 0 spiro atoms. The van der Waals surface area contributed by atoms with Crippen LogP contribution in [-0.4, -0.2) is 33.5 Å². The largest absolute Gasteiger partial charge is 0.323 e. The summed E-state index contributed by atoms with van der Waals surface area (Å²) in [6, 6.07) is 7.45. The van der Waals surface area contributed by atoms with Crippen LogP contribution in [0.25, 0.3) is 5.69 Å². The SMILES string of the molecule is CC1CCCNC1C(=O)Nc1ccccc1-n1ccnn1. The number of piperidine rings is 1. The lowest BCUT2D eigenvalue weighted by atomic mass is 9.92. The molecule has 2 N–H and O–H groups in total. The zero-order valence-electron chi connectivity index (χ0n) is 12.0. The molecule has 1 aromatic carbocycles. The number of carbonyl (C=O) groups excluding carboxylic acids is 1. The molecule has 1 saturated heterocycles. The zero-order valence-corrected chi connectivity index (χ0v) is 12.0. The summed E-state index contributed by atoms with van der Waals surface area (Å²) < 4.78 is 1.65. The van der Waals surface area contributed by atoms with Crippen LogP contribution in [0, 0.1) is 5.92 Å². The Balaban J connectivity index is 1.80. The molecule has 2 heterocycles. The number of rotatable bonds is 3. The normalized spacial score (nSPS) is 22.0. The summed E-state index contributed by atoms with van der Waals surface area (Å²) in [5, 5.41) is 14.1. The fraction of sp³-hybridized carbons (Fsp3) is 0.400. The molecule has 0 saturated carbocycles. The van der Waals surface area contributed by atoms with Gasteiger partial charge in [0.25, 0.3) is 0 Å². The van der Waals surface area contributed by atoms with Crippen LogP contribution in [0.4, 0.5) is 5.69 Å². The Labute approximate surface area is 123 Å². The van der Waals surface area contributed by atoms with E-state index in [0.717, 1.165) is 30.8 Å². The van der Waals surface area contributed by atoms with Crippen molar-refractivity contribution in [2.75, 3.05) is 11.9 Å². The lowest BCUT2D eigenvalue weighted by molar-refractivity contribution is -0.119. The number of aromatic nitrogens is 3. The number of carbonyl (C=O) groups is 1.